The molecular weight excluding hydrogens is 1370 g/mol. The standard InChI is InChI=1S/C56H94N4O40/c1-13-29(71)37(79)40(82)53(87-13)100-48-39(81)31(73)19(7-62)92-56(48)98-46-28(60-17(5)70)52(89-20(8-63)32(46)74)97-45-27(59-16(4)69)49(85)88-24(34(45)76)12-86-50-25(57-14(2)67)35(77)43(22(10-65)93-50)96-55-42(84)47(33(75)21(9-64)91-55)99-51-26(58-15(3)68)36(78)44(23(11-66)94-51)95-54-41(83)38(80)30(72)18(6-61)90-54/h13,18-56,61-66,71-85H,6-12H2,1-5H3,(H,57,67)(H,58,68)(H,59,69)(H,60,70)/t13-,18+,19+,20+,21+,22+,23+,24+,25+,26+,27+,28+,29+,30-,31-,32+,33-,34-,35+,36+,37+,38-,39-,40-,41+,42+,43+,44+,45+,46+,47-,48+,49-,50+,51-,52-,53-,54-,55-,56-/m0/s1. The Morgan fingerprint density at radius 1 is 0.280 bits per heavy atom. The zero-order chi connectivity index (χ0) is 73.8. The lowest BCUT2D eigenvalue weighted by Gasteiger charge is -2.51. The Balaban J connectivity index is 0.998. The molecule has 8 fully saturated rings. The van der Waals surface area contributed by atoms with E-state index in [1.54, 1.807) is 0 Å². The van der Waals surface area contributed by atoms with Crippen LogP contribution in [0.15, 0.2) is 0 Å². The van der Waals surface area contributed by atoms with Crippen molar-refractivity contribution in [3.63, 3.8) is 0 Å². The van der Waals surface area contributed by atoms with Gasteiger partial charge in [-0.25, -0.2) is 0 Å². The number of carbonyl (C=O) groups is 4. The van der Waals surface area contributed by atoms with Gasteiger partial charge in [-0.1, -0.05) is 0 Å². The Hall–Kier alpha value is -3.56. The summed E-state index contributed by atoms with van der Waals surface area (Å²) in [4.78, 5) is 51.2. The van der Waals surface area contributed by atoms with Gasteiger partial charge in [0.2, 0.25) is 23.6 Å². The normalized spacial score (nSPS) is 48.7. The lowest BCUT2D eigenvalue weighted by atomic mass is 9.93. The second-order valence-corrected chi connectivity index (χ2v) is 25.3. The van der Waals surface area contributed by atoms with Crippen LogP contribution in [-0.2, 0) is 90.2 Å². The van der Waals surface area contributed by atoms with Gasteiger partial charge >= 0.3 is 0 Å². The molecule has 100 heavy (non-hydrogen) atoms. The van der Waals surface area contributed by atoms with Gasteiger partial charge in [-0.15, -0.1) is 0 Å². The molecule has 0 unspecified atom stereocenters. The van der Waals surface area contributed by atoms with Crippen molar-refractivity contribution in [2.75, 3.05) is 46.2 Å². The molecule has 44 nitrogen and oxygen atoms in total. The predicted octanol–water partition coefficient (Wildman–Crippen LogP) is -16.8. The van der Waals surface area contributed by atoms with Gasteiger partial charge in [-0.3, -0.25) is 19.2 Å². The van der Waals surface area contributed by atoms with Gasteiger partial charge in [0.05, 0.1) is 52.4 Å². The fourth-order valence-electron chi connectivity index (χ4n) is 12.9. The molecule has 0 radical (unpaired) electrons. The van der Waals surface area contributed by atoms with Crippen molar-refractivity contribution in [1.29, 1.82) is 0 Å². The summed E-state index contributed by atoms with van der Waals surface area (Å²) < 4.78 is 87.8. The van der Waals surface area contributed by atoms with Crippen LogP contribution in [0.5, 0.6) is 0 Å². The Bertz CT molecular complexity index is 2620. The van der Waals surface area contributed by atoms with Crippen LogP contribution in [0.3, 0.4) is 0 Å². The molecule has 578 valence electrons. The topological polar surface area (TPSA) is 680 Å². The van der Waals surface area contributed by atoms with Gasteiger partial charge < -0.3 is 200 Å². The smallest absolute Gasteiger partial charge is 0.217 e. The first kappa shape index (κ1) is 82.1. The molecule has 0 bridgehead atoms. The molecule has 8 heterocycles. The Morgan fingerprint density at radius 3 is 1.12 bits per heavy atom. The number of carbonyl (C=O) groups excluding carboxylic acids is 4. The summed E-state index contributed by atoms with van der Waals surface area (Å²) in [5, 5.41) is 240. The van der Waals surface area contributed by atoms with Crippen LogP contribution in [0.4, 0.5) is 0 Å². The maximum Gasteiger partial charge on any atom is 0.217 e. The largest absolute Gasteiger partial charge is 0.394 e. The van der Waals surface area contributed by atoms with Crippen molar-refractivity contribution in [1.82, 2.24) is 21.3 Å². The van der Waals surface area contributed by atoms with E-state index in [1.807, 2.05) is 0 Å². The third-order valence-electron chi connectivity index (χ3n) is 18.2. The van der Waals surface area contributed by atoms with Crippen molar-refractivity contribution >= 4 is 23.6 Å². The number of ether oxygens (including phenoxy) is 15. The molecule has 44 heteroatoms. The Morgan fingerprint density at radius 2 is 0.610 bits per heavy atom. The molecule has 40 atom stereocenters. The molecule has 8 saturated heterocycles. The van der Waals surface area contributed by atoms with E-state index in [4.69, 9.17) is 71.1 Å². The fourth-order valence-corrected chi connectivity index (χ4v) is 12.9. The molecule has 0 spiro atoms. The molecule has 8 aliphatic rings. The van der Waals surface area contributed by atoms with Crippen LogP contribution in [0.2, 0.25) is 0 Å². The SMILES string of the molecule is CC(=O)N[C@@H]1[C@@H](O[C@@H]2O[C@H](CO)[C@@H](O)[C@H](O[C@@H]3O[C@H](CO)[C@H](O)[C@H](O)[C@H]3O[C@@H]3O[C@@H](C)[C@@H](O)[C@@H](O)[C@@H]3O)[C@H]2NC(C)=O)[C@@H](O)[C@@H](CO[C@@H]2O[C@H](CO)[C@@H](O[C@@H]3O[C@H](CO)[C@H](O)[C@H](O[C@@H]4O[C@H](CO)[C@@H](O[C@@H]5O[C@H](CO)[C@H](O)[C@H](O)[C@H]5O)[C@H](O)[C@H]4NC(C)=O)[C@H]3O)[C@H](O)[C@H]2NC(C)=O)O[C@@H]1O. The predicted molar refractivity (Wildman–Crippen MR) is 309 cm³/mol. The number of rotatable bonds is 25. The molecular formula is C56H94N4O40. The highest BCUT2D eigenvalue weighted by molar-refractivity contribution is 5.74. The molecule has 8 rings (SSSR count). The average molecular weight is 1460 g/mol. The third kappa shape index (κ3) is 18.1. The fraction of sp³-hybridized carbons (Fsp3) is 0.929. The Kier molecular flexibility index (Phi) is 29.3. The number of nitrogens with one attached hydrogen (secondary N) is 4. The van der Waals surface area contributed by atoms with Crippen LogP contribution in [-0.4, -0.2) is 423 Å². The molecule has 4 amide bonds. The van der Waals surface area contributed by atoms with E-state index >= 15 is 0 Å². The van der Waals surface area contributed by atoms with Crippen LogP contribution in [0.25, 0.3) is 0 Å². The molecule has 8 aliphatic heterocycles. The number of amides is 4. The van der Waals surface area contributed by atoms with Gasteiger partial charge in [-0.2, -0.15) is 0 Å². The minimum atomic E-state index is -2.26. The minimum absolute atomic E-state index is 0.856. The first-order valence-electron chi connectivity index (χ1n) is 32.0. The number of hydrogen-bond acceptors (Lipinski definition) is 40. The number of aliphatic hydroxyl groups excluding tert-OH is 21. The number of aliphatic hydroxyl groups is 21. The van der Waals surface area contributed by atoms with Gasteiger partial charge in [0.1, 0.15) is 189 Å². The van der Waals surface area contributed by atoms with E-state index in [9.17, 15) is 126 Å². The van der Waals surface area contributed by atoms with Crippen molar-refractivity contribution in [3.05, 3.63) is 0 Å². The molecule has 0 aliphatic carbocycles. The second kappa shape index (κ2) is 35.7. The summed E-state index contributed by atoms with van der Waals surface area (Å²) >= 11 is 0. The highest BCUT2D eigenvalue weighted by Crippen LogP contribution is 2.39. The van der Waals surface area contributed by atoms with Crippen LogP contribution in [0.1, 0.15) is 34.6 Å². The number of hydrogen-bond donors (Lipinski definition) is 25. The van der Waals surface area contributed by atoms with Crippen molar-refractivity contribution < 1.29 is 197 Å². The van der Waals surface area contributed by atoms with E-state index in [1.165, 1.54) is 6.92 Å². The lowest BCUT2D eigenvalue weighted by Crippen LogP contribution is -2.71. The summed E-state index contributed by atoms with van der Waals surface area (Å²) in [5.74, 6) is -3.50. The zero-order valence-electron chi connectivity index (χ0n) is 54.2. The van der Waals surface area contributed by atoms with Gasteiger partial charge in [-0.05, 0) is 6.92 Å². The van der Waals surface area contributed by atoms with E-state index in [2.05, 4.69) is 21.3 Å². The highest BCUT2D eigenvalue weighted by atomic mass is 16.8. The molecule has 0 aromatic heterocycles. The average Bonchev–Trinajstić information content (AvgIpc) is 0.773. The molecule has 0 aromatic rings. The highest BCUT2D eigenvalue weighted by Gasteiger charge is 2.60. The van der Waals surface area contributed by atoms with Crippen molar-refractivity contribution in [2.24, 2.45) is 0 Å². The van der Waals surface area contributed by atoms with E-state index in [-0.39, 0.29) is 0 Å². The quantitative estimate of drug-likeness (QED) is 0.0404. The van der Waals surface area contributed by atoms with E-state index < -0.39 is 315 Å². The summed E-state index contributed by atoms with van der Waals surface area (Å²) in [6.45, 7) is -1.82. The molecule has 0 saturated carbocycles. The monoisotopic (exact) mass is 1460 g/mol. The van der Waals surface area contributed by atoms with Crippen molar-refractivity contribution in [2.45, 2.75) is 280 Å². The van der Waals surface area contributed by atoms with Gasteiger partial charge in [0.15, 0.2) is 50.3 Å². The molecule has 25 N–H and O–H groups in total. The van der Waals surface area contributed by atoms with Crippen LogP contribution < -0.4 is 21.3 Å². The lowest BCUT2D eigenvalue weighted by molar-refractivity contribution is -0.384. The summed E-state index contributed by atoms with van der Waals surface area (Å²) in [6.07, 6.45) is -69.1. The summed E-state index contributed by atoms with van der Waals surface area (Å²) in [7, 11) is 0. The maximum absolute atomic E-state index is 13.0. The summed E-state index contributed by atoms with van der Waals surface area (Å²) in [5.41, 5.74) is 0. The van der Waals surface area contributed by atoms with E-state index in [0.717, 1.165) is 27.7 Å². The van der Waals surface area contributed by atoms with Gasteiger partial charge in [0.25, 0.3) is 0 Å². The maximum atomic E-state index is 13.0. The minimum Gasteiger partial charge on any atom is -0.394 e. The Labute approximate surface area is 567 Å². The zero-order valence-corrected chi connectivity index (χ0v) is 54.2. The van der Waals surface area contributed by atoms with Crippen molar-refractivity contribution in [3.8, 4) is 0 Å². The molecule has 0 aromatic carbocycles. The van der Waals surface area contributed by atoms with E-state index in [0.29, 0.717) is 0 Å². The van der Waals surface area contributed by atoms with Crippen LogP contribution in [0, 0.1) is 0 Å². The first-order chi connectivity index (χ1) is 47.2. The van der Waals surface area contributed by atoms with Crippen LogP contribution >= 0.6 is 0 Å². The third-order valence-corrected chi connectivity index (χ3v) is 18.2. The summed E-state index contributed by atoms with van der Waals surface area (Å²) in [6, 6.07) is -7.22. The first-order valence-corrected chi connectivity index (χ1v) is 32.0. The second-order valence-electron chi connectivity index (χ2n) is 25.3. The van der Waals surface area contributed by atoms with Gasteiger partial charge in [0, 0.05) is 27.7 Å².